The molecule has 0 saturated heterocycles. The zero-order valence-corrected chi connectivity index (χ0v) is 19.9. The van der Waals surface area contributed by atoms with Crippen LogP contribution in [0.1, 0.15) is 25.8 Å². The Kier molecular flexibility index (Phi) is 8.48. The normalized spacial score (nSPS) is 12.6. The number of nitrogens with one attached hydrogen (secondary N) is 1. The second-order valence-electron chi connectivity index (χ2n) is 6.89. The Morgan fingerprint density at radius 1 is 1.03 bits per heavy atom. The van der Waals surface area contributed by atoms with Gasteiger partial charge in [-0.2, -0.15) is 5.10 Å². The van der Waals surface area contributed by atoms with Crippen LogP contribution in [-0.2, 0) is 14.8 Å². The van der Waals surface area contributed by atoms with Gasteiger partial charge < -0.3 is 14.2 Å². The zero-order valence-electron chi connectivity index (χ0n) is 19.1. The molecule has 2 rings (SSSR count). The van der Waals surface area contributed by atoms with Gasteiger partial charge in [0.05, 0.1) is 39.0 Å². The van der Waals surface area contributed by atoms with Crippen LogP contribution >= 0.6 is 0 Å². The lowest BCUT2D eigenvalue weighted by Gasteiger charge is -2.27. The number of carbonyl (C=O) groups excluding carboxylic acids is 1. The minimum absolute atomic E-state index is 0.343. The van der Waals surface area contributed by atoms with Gasteiger partial charge in [0.15, 0.2) is 11.5 Å². The van der Waals surface area contributed by atoms with Gasteiger partial charge in [-0.1, -0.05) is 6.92 Å². The molecule has 10 heteroatoms. The monoisotopic (exact) mass is 463 g/mol. The van der Waals surface area contributed by atoms with E-state index in [2.05, 4.69) is 10.5 Å². The largest absolute Gasteiger partial charge is 0.497 e. The molecule has 0 aliphatic carbocycles. The number of benzene rings is 2. The lowest BCUT2D eigenvalue weighted by molar-refractivity contribution is -0.121. The fraction of sp³-hybridized carbons (Fsp3) is 0.364. The first-order valence-electron chi connectivity index (χ1n) is 9.88. The highest BCUT2D eigenvalue weighted by Gasteiger charge is 2.29. The van der Waals surface area contributed by atoms with Gasteiger partial charge in [-0.15, -0.1) is 0 Å². The van der Waals surface area contributed by atoms with E-state index in [0.717, 1.165) is 16.1 Å². The molecule has 32 heavy (non-hydrogen) atoms. The van der Waals surface area contributed by atoms with E-state index in [9.17, 15) is 13.2 Å². The van der Waals surface area contributed by atoms with Gasteiger partial charge in [-0.25, -0.2) is 13.8 Å². The van der Waals surface area contributed by atoms with Crippen molar-refractivity contribution < 1.29 is 27.4 Å². The third kappa shape index (κ3) is 5.91. The van der Waals surface area contributed by atoms with Crippen LogP contribution in [-0.4, -0.2) is 53.7 Å². The maximum absolute atomic E-state index is 12.8. The second-order valence-corrected chi connectivity index (χ2v) is 8.75. The van der Waals surface area contributed by atoms with E-state index in [4.69, 9.17) is 14.2 Å². The van der Waals surface area contributed by atoms with Gasteiger partial charge in [0.2, 0.25) is 10.0 Å². The molecule has 0 unspecified atom stereocenters. The molecule has 0 aliphatic heterocycles. The number of carbonyl (C=O) groups is 1. The number of ether oxygens (including phenoxy) is 3. The molecule has 1 amide bonds. The molecule has 2 aromatic carbocycles. The Labute approximate surface area is 189 Å². The van der Waals surface area contributed by atoms with Gasteiger partial charge in [-0.05, 0) is 55.8 Å². The molecule has 0 radical (unpaired) electrons. The van der Waals surface area contributed by atoms with E-state index in [1.165, 1.54) is 21.1 Å². The summed E-state index contributed by atoms with van der Waals surface area (Å²) >= 11 is 0. The molecule has 0 fully saturated rings. The molecular weight excluding hydrogens is 434 g/mol. The summed E-state index contributed by atoms with van der Waals surface area (Å²) in [7, 11) is 0.853. The number of sulfonamides is 1. The fourth-order valence-corrected chi connectivity index (χ4v) is 4.29. The molecule has 0 aromatic heterocycles. The Morgan fingerprint density at radius 2 is 1.66 bits per heavy atom. The predicted octanol–water partition coefficient (Wildman–Crippen LogP) is 2.80. The van der Waals surface area contributed by atoms with Crippen molar-refractivity contribution in [2.24, 2.45) is 5.10 Å². The molecule has 0 heterocycles. The van der Waals surface area contributed by atoms with Crippen molar-refractivity contribution in [3.8, 4) is 17.2 Å². The maximum atomic E-state index is 12.8. The number of nitrogens with zero attached hydrogens (tertiary/aromatic N) is 2. The zero-order chi connectivity index (χ0) is 23.9. The molecule has 0 bridgehead atoms. The fourth-order valence-electron chi connectivity index (χ4n) is 3.12. The van der Waals surface area contributed by atoms with Crippen molar-refractivity contribution in [1.82, 2.24) is 5.43 Å². The highest BCUT2D eigenvalue weighted by Crippen LogP contribution is 2.28. The van der Waals surface area contributed by atoms with Crippen LogP contribution in [0, 0.1) is 0 Å². The lowest BCUT2D eigenvalue weighted by Crippen LogP contribution is -2.47. The lowest BCUT2D eigenvalue weighted by atomic mass is 10.1. The van der Waals surface area contributed by atoms with Crippen LogP contribution in [0.15, 0.2) is 47.6 Å². The van der Waals surface area contributed by atoms with Crippen LogP contribution in [0.4, 0.5) is 5.69 Å². The summed E-state index contributed by atoms with van der Waals surface area (Å²) in [6.07, 6.45) is 1.57. The SMILES string of the molecule is CC/C(=N/NC(=O)[C@H](C)N(c1ccc(OC)cc1)S(C)(=O)=O)c1ccc(OC)c(OC)c1. The molecule has 2 aromatic rings. The van der Waals surface area contributed by atoms with Gasteiger partial charge in [-0.3, -0.25) is 9.10 Å². The van der Waals surface area contributed by atoms with E-state index >= 15 is 0 Å². The van der Waals surface area contributed by atoms with Gasteiger partial charge in [0.25, 0.3) is 5.91 Å². The number of rotatable bonds is 10. The summed E-state index contributed by atoms with van der Waals surface area (Å²) in [6.45, 7) is 3.39. The average molecular weight is 464 g/mol. The highest BCUT2D eigenvalue weighted by molar-refractivity contribution is 7.92. The number of anilines is 1. The summed E-state index contributed by atoms with van der Waals surface area (Å²) in [5.41, 5.74) is 4.17. The molecule has 0 spiro atoms. The van der Waals surface area contributed by atoms with Crippen molar-refractivity contribution in [3.63, 3.8) is 0 Å². The van der Waals surface area contributed by atoms with E-state index in [-0.39, 0.29) is 0 Å². The highest BCUT2D eigenvalue weighted by atomic mass is 32.2. The van der Waals surface area contributed by atoms with E-state index in [0.29, 0.717) is 35.1 Å². The third-order valence-electron chi connectivity index (χ3n) is 4.77. The Balaban J connectivity index is 2.28. The Morgan fingerprint density at radius 3 is 2.16 bits per heavy atom. The summed E-state index contributed by atoms with van der Waals surface area (Å²) < 4.78 is 41.6. The first-order chi connectivity index (χ1) is 15.2. The van der Waals surface area contributed by atoms with Crippen LogP contribution in [0.25, 0.3) is 0 Å². The Bertz CT molecular complexity index is 1070. The van der Waals surface area contributed by atoms with Crippen LogP contribution in [0.2, 0.25) is 0 Å². The van der Waals surface area contributed by atoms with Gasteiger partial charge >= 0.3 is 0 Å². The first kappa shape index (κ1) is 25.0. The number of hydrogen-bond donors (Lipinski definition) is 1. The Hall–Kier alpha value is -3.27. The van der Waals surface area contributed by atoms with E-state index in [1.807, 2.05) is 6.92 Å². The maximum Gasteiger partial charge on any atom is 0.263 e. The molecule has 1 atom stereocenters. The van der Waals surface area contributed by atoms with Crippen LogP contribution in [0.3, 0.4) is 0 Å². The number of hydrogen-bond acceptors (Lipinski definition) is 7. The summed E-state index contributed by atoms with van der Waals surface area (Å²) in [5, 5.41) is 4.23. The topological polar surface area (TPSA) is 107 Å². The second kappa shape index (κ2) is 10.9. The molecule has 174 valence electrons. The smallest absolute Gasteiger partial charge is 0.263 e. The van der Waals surface area contributed by atoms with Crippen molar-refractivity contribution in [2.45, 2.75) is 26.3 Å². The standard InChI is InChI=1S/C22H29N3O6S/c1-7-19(16-8-13-20(30-4)21(14-16)31-5)23-24-22(26)15(2)25(32(6,27)28)17-9-11-18(29-3)12-10-17/h8-15H,7H2,1-6H3,(H,24,26)/b23-19-/t15-/m0/s1. The first-order valence-corrected chi connectivity index (χ1v) is 11.7. The summed E-state index contributed by atoms with van der Waals surface area (Å²) in [4.78, 5) is 12.8. The minimum Gasteiger partial charge on any atom is -0.497 e. The van der Waals surface area contributed by atoms with Gasteiger partial charge in [0, 0.05) is 5.56 Å². The van der Waals surface area contributed by atoms with Crippen molar-refractivity contribution in [2.75, 3.05) is 31.9 Å². The van der Waals surface area contributed by atoms with Crippen LogP contribution < -0.4 is 23.9 Å². The molecule has 1 N–H and O–H groups in total. The average Bonchev–Trinajstić information content (AvgIpc) is 2.78. The van der Waals surface area contributed by atoms with Crippen LogP contribution in [0.5, 0.6) is 17.2 Å². The van der Waals surface area contributed by atoms with Crippen molar-refractivity contribution in [3.05, 3.63) is 48.0 Å². The van der Waals surface area contributed by atoms with Gasteiger partial charge in [0.1, 0.15) is 11.8 Å². The van der Waals surface area contributed by atoms with E-state index < -0.39 is 22.0 Å². The molecule has 0 saturated carbocycles. The third-order valence-corrected chi connectivity index (χ3v) is 6.01. The number of amides is 1. The van der Waals surface area contributed by atoms with Crippen molar-refractivity contribution in [1.29, 1.82) is 0 Å². The van der Waals surface area contributed by atoms with Crippen molar-refractivity contribution >= 4 is 27.3 Å². The number of methoxy groups -OCH3 is 3. The van der Waals surface area contributed by atoms with E-state index in [1.54, 1.807) is 49.6 Å². The molecule has 9 nitrogen and oxygen atoms in total. The summed E-state index contributed by atoms with van der Waals surface area (Å²) in [5.74, 6) is 1.12. The summed E-state index contributed by atoms with van der Waals surface area (Å²) in [6, 6.07) is 10.7. The molecular formula is C22H29N3O6S. The number of hydrazone groups is 1. The predicted molar refractivity (Wildman–Crippen MR) is 124 cm³/mol. The quantitative estimate of drug-likeness (QED) is 0.429. The molecule has 0 aliphatic rings. The minimum atomic E-state index is -3.74.